The molecule has 3 atom stereocenters. The van der Waals surface area contributed by atoms with Gasteiger partial charge in [0.25, 0.3) is 5.91 Å². The van der Waals surface area contributed by atoms with Crippen LogP contribution in [-0.2, 0) is 19.3 Å². The minimum Gasteiger partial charge on any atom is -0.472 e. The van der Waals surface area contributed by atoms with E-state index in [0.29, 0.717) is 11.3 Å². The molecule has 0 saturated carbocycles. The van der Waals surface area contributed by atoms with Crippen molar-refractivity contribution in [3.05, 3.63) is 78.0 Å². The number of ether oxygens (including phenoxy) is 4. The minimum absolute atomic E-state index is 0.00139. The van der Waals surface area contributed by atoms with Crippen molar-refractivity contribution in [3.8, 4) is 11.6 Å². The van der Waals surface area contributed by atoms with Gasteiger partial charge in [0.2, 0.25) is 5.88 Å². The molecule has 266 valence electrons. The molecule has 2 N–H and O–H groups in total. The maximum atomic E-state index is 13.3. The number of anilines is 1. The van der Waals surface area contributed by atoms with E-state index in [2.05, 4.69) is 25.1 Å². The fourth-order valence-electron chi connectivity index (χ4n) is 4.99. The van der Waals surface area contributed by atoms with Crippen LogP contribution in [0.5, 0.6) is 11.6 Å². The SMILES string of the molecule is CCS(=O)(=O)c1ccc([C@H](COC(=O)NC)NC(=O)c2ccc(N3C[C@@H](Oc4ccc(OC(F)(F)F)cn4)C[C@H]3COC(F)F)cc2)cc1. The molecule has 0 aliphatic carbocycles. The lowest BCUT2D eigenvalue weighted by Crippen LogP contribution is -2.34. The molecule has 0 radical (unpaired) electrons. The zero-order valence-electron chi connectivity index (χ0n) is 26.2. The number of nitrogens with zero attached hydrogens (tertiary/aromatic N) is 2. The Balaban J connectivity index is 1.47. The maximum absolute atomic E-state index is 13.3. The number of halogens is 5. The lowest BCUT2D eigenvalue weighted by Gasteiger charge is -2.26. The van der Waals surface area contributed by atoms with Crippen molar-refractivity contribution < 1.29 is 58.9 Å². The highest BCUT2D eigenvalue weighted by Crippen LogP contribution is 2.30. The second-order valence-corrected chi connectivity index (χ2v) is 12.9. The second-order valence-electron chi connectivity index (χ2n) is 10.6. The zero-order valence-corrected chi connectivity index (χ0v) is 27.0. The van der Waals surface area contributed by atoms with Crippen molar-refractivity contribution in [3.63, 3.8) is 0 Å². The minimum atomic E-state index is -4.89. The van der Waals surface area contributed by atoms with Crippen molar-refractivity contribution in [2.24, 2.45) is 0 Å². The van der Waals surface area contributed by atoms with Crippen molar-refractivity contribution in [2.45, 2.75) is 49.4 Å². The third-order valence-electron chi connectivity index (χ3n) is 7.39. The van der Waals surface area contributed by atoms with Gasteiger partial charge in [0.05, 0.1) is 42.1 Å². The monoisotopic (exact) mass is 716 g/mol. The van der Waals surface area contributed by atoms with E-state index in [-0.39, 0.29) is 48.3 Å². The third kappa shape index (κ3) is 10.6. The quantitative estimate of drug-likeness (QED) is 0.222. The maximum Gasteiger partial charge on any atom is 0.573 e. The molecular weight excluding hydrogens is 683 g/mol. The van der Waals surface area contributed by atoms with Crippen LogP contribution in [0.1, 0.15) is 35.3 Å². The fraction of sp³-hybridized carbons (Fsp3) is 0.387. The number of carbonyl (C=O) groups excluding carboxylic acids is 2. The first-order valence-electron chi connectivity index (χ1n) is 14.8. The number of benzene rings is 2. The van der Waals surface area contributed by atoms with E-state index in [4.69, 9.17) is 9.47 Å². The number of hydrogen-bond acceptors (Lipinski definition) is 10. The lowest BCUT2D eigenvalue weighted by molar-refractivity contribution is -0.274. The standard InChI is InChI=1S/C31H33F5N4O8S/c1-3-49(43,44)25-11-6-19(7-12-25)26(18-46-30(42)37-2)39-28(41)20-4-8-21(9-5-20)40-16-24(14-22(40)17-45-29(32)33)47-27-13-10-23(15-38-27)48-31(34,35)36/h4-13,15,22,24,26,29H,3,14,16-18H2,1-2H3,(H,37,42)(H,39,41)/t22-,24-,26-/m0/s1. The summed E-state index contributed by atoms with van der Waals surface area (Å²) in [5.74, 6) is -1.18. The van der Waals surface area contributed by atoms with Crippen LogP contribution in [0.2, 0.25) is 0 Å². The normalized spacial score (nSPS) is 17.0. The molecule has 1 saturated heterocycles. The average molecular weight is 717 g/mol. The van der Waals surface area contributed by atoms with Gasteiger partial charge in [0, 0.05) is 30.8 Å². The molecule has 18 heteroatoms. The number of carbonyl (C=O) groups is 2. The Labute approximate surface area is 278 Å². The van der Waals surface area contributed by atoms with Crippen molar-refractivity contribution in [1.82, 2.24) is 15.6 Å². The van der Waals surface area contributed by atoms with Crippen molar-refractivity contribution in [1.29, 1.82) is 0 Å². The van der Waals surface area contributed by atoms with Crippen LogP contribution in [0.4, 0.5) is 32.4 Å². The van der Waals surface area contributed by atoms with Crippen LogP contribution in [0.25, 0.3) is 0 Å². The first-order chi connectivity index (χ1) is 23.2. The van der Waals surface area contributed by atoms with Crippen LogP contribution >= 0.6 is 0 Å². The molecule has 0 spiro atoms. The van der Waals surface area contributed by atoms with E-state index in [9.17, 15) is 40.0 Å². The van der Waals surface area contributed by atoms with E-state index < -0.39 is 58.7 Å². The lowest BCUT2D eigenvalue weighted by atomic mass is 10.1. The highest BCUT2D eigenvalue weighted by molar-refractivity contribution is 7.91. The van der Waals surface area contributed by atoms with Crippen LogP contribution in [0.3, 0.4) is 0 Å². The number of nitrogens with one attached hydrogen (secondary N) is 2. The number of rotatable bonds is 14. The summed E-state index contributed by atoms with van der Waals surface area (Å²) in [7, 11) is -2.10. The molecule has 2 aromatic carbocycles. The molecule has 1 fully saturated rings. The predicted molar refractivity (Wildman–Crippen MR) is 164 cm³/mol. The Morgan fingerprint density at radius 2 is 1.73 bits per heavy atom. The van der Waals surface area contributed by atoms with Crippen LogP contribution < -0.4 is 25.0 Å². The molecule has 3 aromatic rings. The number of alkyl carbamates (subject to hydrolysis) is 1. The Hall–Kier alpha value is -4.71. The van der Waals surface area contributed by atoms with Crippen molar-refractivity contribution >= 4 is 27.5 Å². The van der Waals surface area contributed by atoms with Gasteiger partial charge in [-0.25, -0.2) is 18.2 Å². The summed E-state index contributed by atoms with van der Waals surface area (Å²) < 4.78 is 107. The van der Waals surface area contributed by atoms with Gasteiger partial charge in [-0.15, -0.1) is 13.2 Å². The van der Waals surface area contributed by atoms with Gasteiger partial charge in [-0.1, -0.05) is 19.1 Å². The Morgan fingerprint density at radius 3 is 2.31 bits per heavy atom. The smallest absolute Gasteiger partial charge is 0.472 e. The van der Waals surface area contributed by atoms with E-state index in [1.165, 1.54) is 56.4 Å². The second kappa shape index (κ2) is 16.1. The molecule has 49 heavy (non-hydrogen) atoms. The molecule has 2 amide bonds. The largest absolute Gasteiger partial charge is 0.573 e. The summed E-state index contributed by atoms with van der Waals surface area (Å²) in [6.07, 6.45) is -5.17. The Bertz CT molecular complexity index is 1660. The molecule has 2 heterocycles. The van der Waals surface area contributed by atoms with Gasteiger partial charge in [-0.05, 0) is 48.0 Å². The highest BCUT2D eigenvalue weighted by Gasteiger charge is 2.35. The third-order valence-corrected chi connectivity index (χ3v) is 9.14. The number of hydrogen-bond donors (Lipinski definition) is 2. The Morgan fingerprint density at radius 1 is 1.04 bits per heavy atom. The van der Waals surface area contributed by atoms with E-state index in [0.717, 1.165) is 12.3 Å². The predicted octanol–water partition coefficient (Wildman–Crippen LogP) is 4.87. The summed E-state index contributed by atoms with van der Waals surface area (Å²) in [4.78, 5) is 30.7. The van der Waals surface area contributed by atoms with Gasteiger partial charge in [-0.2, -0.15) is 8.78 Å². The van der Waals surface area contributed by atoms with Gasteiger partial charge in [0.1, 0.15) is 18.5 Å². The van der Waals surface area contributed by atoms with E-state index >= 15 is 0 Å². The van der Waals surface area contributed by atoms with Gasteiger partial charge in [0.15, 0.2) is 9.84 Å². The molecule has 1 aromatic heterocycles. The molecule has 1 aliphatic heterocycles. The topological polar surface area (TPSA) is 145 Å². The first kappa shape index (κ1) is 37.1. The molecule has 0 bridgehead atoms. The molecule has 12 nitrogen and oxygen atoms in total. The zero-order chi connectivity index (χ0) is 35.8. The van der Waals surface area contributed by atoms with Crippen LogP contribution in [0.15, 0.2) is 71.8 Å². The number of pyridine rings is 1. The summed E-state index contributed by atoms with van der Waals surface area (Å²) in [6, 6.07) is 12.8. The molecule has 1 aliphatic rings. The summed E-state index contributed by atoms with van der Waals surface area (Å²) >= 11 is 0. The average Bonchev–Trinajstić information content (AvgIpc) is 3.48. The summed E-state index contributed by atoms with van der Waals surface area (Å²) in [6.45, 7) is -1.96. The van der Waals surface area contributed by atoms with Crippen LogP contribution in [0, 0.1) is 0 Å². The number of alkyl halides is 5. The first-order valence-corrected chi connectivity index (χ1v) is 16.5. The van der Waals surface area contributed by atoms with E-state index in [1.807, 2.05) is 0 Å². The molecule has 0 unspecified atom stereocenters. The van der Waals surface area contributed by atoms with E-state index in [1.54, 1.807) is 17.0 Å². The number of amides is 2. The van der Waals surface area contributed by atoms with Gasteiger partial charge < -0.3 is 34.5 Å². The van der Waals surface area contributed by atoms with Gasteiger partial charge in [-0.3, -0.25) is 4.79 Å². The summed E-state index contributed by atoms with van der Waals surface area (Å²) in [5.41, 5.74) is 1.22. The molecular formula is C31H33F5N4O8S. The van der Waals surface area contributed by atoms with Crippen LogP contribution in [-0.4, -0.2) is 83.1 Å². The molecule has 4 rings (SSSR count). The van der Waals surface area contributed by atoms with Crippen molar-refractivity contribution in [2.75, 3.05) is 37.5 Å². The fourth-order valence-corrected chi connectivity index (χ4v) is 5.87. The van der Waals surface area contributed by atoms with Gasteiger partial charge >= 0.3 is 19.1 Å². The Kier molecular flexibility index (Phi) is 12.2. The number of sulfone groups is 1. The number of aromatic nitrogens is 1. The summed E-state index contributed by atoms with van der Waals surface area (Å²) in [5, 5.41) is 5.08. The highest BCUT2D eigenvalue weighted by atomic mass is 32.2.